The summed E-state index contributed by atoms with van der Waals surface area (Å²) in [5.74, 6) is 0.408. The second kappa shape index (κ2) is 5.95. The van der Waals surface area contributed by atoms with Gasteiger partial charge in [0.2, 0.25) is 0 Å². The molecule has 1 aliphatic rings. The van der Waals surface area contributed by atoms with E-state index in [1.54, 1.807) is 6.33 Å². The summed E-state index contributed by atoms with van der Waals surface area (Å²) < 4.78 is 1.87. The largest absolute Gasteiger partial charge is 0.345 e. The Kier molecular flexibility index (Phi) is 4.13. The predicted octanol–water partition coefficient (Wildman–Crippen LogP) is 3.43. The molecule has 23 heavy (non-hydrogen) atoms. The van der Waals surface area contributed by atoms with Crippen LogP contribution >= 0.6 is 0 Å². The molecule has 1 amide bonds. The second-order valence-corrected chi connectivity index (χ2v) is 7.34. The molecular weight excluding hydrogens is 288 g/mol. The zero-order valence-electron chi connectivity index (χ0n) is 14.5. The maximum absolute atomic E-state index is 12.8. The van der Waals surface area contributed by atoms with Gasteiger partial charge in [0.25, 0.3) is 5.91 Å². The van der Waals surface area contributed by atoms with E-state index in [-0.39, 0.29) is 11.4 Å². The van der Waals surface area contributed by atoms with E-state index in [9.17, 15) is 4.79 Å². The van der Waals surface area contributed by atoms with Gasteiger partial charge in [-0.1, -0.05) is 19.3 Å². The van der Waals surface area contributed by atoms with Crippen molar-refractivity contribution in [3.8, 4) is 0 Å². The van der Waals surface area contributed by atoms with Crippen LogP contribution in [0.2, 0.25) is 0 Å². The minimum atomic E-state index is -0.216. The molecule has 2 heterocycles. The van der Waals surface area contributed by atoms with Crippen LogP contribution in [-0.4, -0.2) is 25.8 Å². The minimum Gasteiger partial charge on any atom is -0.345 e. The summed E-state index contributed by atoms with van der Waals surface area (Å²) in [6.45, 7) is 8.19. The Bertz CT molecular complexity index is 726. The van der Waals surface area contributed by atoms with E-state index < -0.39 is 0 Å². The highest BCUT2D eigenvalue weighted by Gasteiger charge is 2.33. The number of hydrogen-bond acceptors (Lipinski definition) is 3. The maximum Gasteiger partial charge on any atom is 0.274 e. The third-order valence-electron chi connectivity index (χ3n) is 5.10. The Hall–Kier alpha value is -1.91. The van der Waals surface area contributed by atoms with Crippen LogP contribution in [0.1, 0.15) is 67.8 Å². The molecule has 0 radical (unpaired) electrons. The fourth-order valence-electron chi connectivity index (χ4n) is 3.72. The molecular formula is C18H26N4O. The van der Waals surface area contributed by atoms with Crippen LogP contribution in [0.25, 0.3) is 5.65 Å². The van der Waals surface area contributed by atoms with Crippen molar-refractivity contribution in [3.05, 3.63) is 29.5 Å². The van der Waals surface area contributed by atoms with E-state index in [1.165, 1.54) is 32.1 Å². The third-order valence-corrected chi connectivity index (χ3v) is 5.10. The van der Waals surface area contributed by atoms with Crippen molar-refractivity contribution in [1.82, 2.24) is 19.7 Å². The molecule has 0 bridgehead atoms. The Balaban J connectivity index is 1.86. The Labute approximate surface area is 137 Å². The number of carbonyl (C=O) groups excluding carboxylic acids is 1. The monoisotopic (exact) mass is 314 g/mol. The molecule has 0 saturated heterocycles. The summed E-state index contributed by atoms with van der Waals surface area (Å²) in [5.41, 5.74) is 2.77. The van der Waals surface area contributed by atoms with E-state index in [4.69, 9.17) is 0 Å². The number of nitrogens with one attached hydrogen (secondary N) is 1. The first-order valence-corrected chi connectivity index (χ1v) is 8.52. The van der Waals surface area contributed by atoms with Gasteiger partial charge in [0.05, 0.1) is 0 Å². The lowest BCUT2D eigenvalue weighted by Crippen LogP contribution is -2.49. The standard InChI is InChI=1S/C18H26N4O/c1-12-10-13(2)22-11-19-15(16(22)20-12)17(23)21-18(3,4)14-8-6-5-7-9-14/h10-11,14H,5-9H2,1-4H3,(H,21,23). The molecule has 0 unspecified atom stereocenters. The van der Waals surface area contributed by atoms with Gasteiger partial charge in [-0.2, -0.15) is 0 Å². The fourth-order valence-corrected chi connectivity index (χ4v) is 3.72. The van der Waals surface area contributed by atoms with E-state index in [0.29, 0.717) is 17.3 Å². The lowest BCUT2D eigenvalue weighted by Gasteiger charge is -2.37. The molecule has 1 saturated carbocycles. The number of aromatic nitrogens is 3. The molecule has 3 rings (SSSR count). The zero-order valence-corrected chi connectivity index (χ0v) is 14.5. The predicted molar refractivity (Wildman–Crippen MR) is 90.6 cm³/mol. The highest BCUT2D eigenvalue weighted by atomic mass is 16.2. The van der Waals surface area contributed by atoms with Crippen molar-refractivity contribution in [2.45, 2.75) is 65.3 Å². The fraction of sp³-hybridized carbons (Fsp3) is 0.611. The molecule has 2 aromatic heterocycles. The first-order valence-electron chi connectivity index (χ1n) is 8.52. The summed E-state index contributed by atoms with van der Waals surface area (Å²) in [5, 5.41) is 3.20. The molecule has 1 aliphatic carbocycles. The summed E-state index contributed by atoms with van der Waals surface area (Å²) in [6, 6.07) is 1.99. The lowest BCUT2D eigenvalue weighted by molar-refractivity contribution is 0.0855. The number of amides is 1. The van der Waals surface area contributed by atoms with Crippen molar-refractivity contribution in [2.75, 3.05) is 0 Å². The third kappa shape index (κ3) is 3.09. The number of carbonyl (C=O) groups is 1. The summed E-state index contributed by atoms with van der Waals surface area (Å²) in [7, 11) is 0. The minimum absolute atomic E-state index is 0.124. The first kappa shape index (κ1) is 16.0. The Morgan fingerprint density at radius 2 is 1.96 bits per heavy atom. The van der Waals surface area contributed by atoms with Gasteiger partial charge in [-0.15, -0.1) is 0 Å². The summed E-state index contributed by atoms with van der Waals surface area (Å²) in [4.78, 5) is 21.6. The number of aryl methyl sites for hydroxylation is 2. The number of rotatable bonds is 3. The molecule has 0 aromatic carbocycles. The molecule has 2 aromatic rings. The molecule has 5 nitrogen and oxygen atoms in total. The number of fused-ring (bicyclic) bond motifs is 1. The van der Waals surface area contributed by atoms with Crippen LogP contribution in [0.4, 0.5) is 0 Å². The quantitative estimate of drug-likeness (QED) is 0.944. The van der Waals surface area contributed by atoms with Gasteiger partial charge in [0, 0.05) is 16.9 Å². The average Bonchev–Trinajstić information content (AvgIpc) is 2.92. The van der Waals surface area contributed by atoms with Crippen LogP contribution in [0.3, 0.4) is 0 Å². The van der Waals surface area contributed by atoms with E-state index in [1.807, 2.05) is 24.3 Å². The van der Waals surface area contributed by atoms with Gasteiger partial charge >= 0.3 is 0 Å². The van der Waals surface area contributed by atoms with Gasteiger partial charge in [-0.3, -0.25) is 9.20 Å². The SMILES string of the molecule is Cc1cc(C)n2cnc(C(=O)NC(C)(C)C3CCCCC3)c2n1. The smallest absolute Gasteiger partial charge is 0.274 e. The van der Waals surface area contributed by atoms with Crippen LogP contribution < -0.4 is 5.32 Å². The Morgan fingerprint density at radius 1 is 1.26 bits per heavy atom. The highest BCUT2D eigenvalue weighted by Crippen LogP contribution is 2.32. The normalized spacial score (nSPS) is 16.7. The maximum atomic E-state index is 12.8. The highest BCUT2D eigenvalue weighted by molar-refractivity contribution is 5.98. The zero-order chi connectivity index (χ0) is 16.6. The summed E-state index contributed by atoms with van der Waals surface area (Å²) in [6.07, 6.45) is 7.89. The van der Waals surface area contributed by atoms with Crippen LogP contribution in [0.5, 0.6) is 0 Å². The van der Waals surface area contributed by atoms with Gasteiger partial charge < -0.3 is 5.32 Å². The number of imidazole rings is 1. The van der Waals surface area contributed by atoms with Gasteiger partial charge in [0.15, 0.2) is 11.3 Å². The molecule has 0 spiro atoms. The number of hydrogen-bond donors (Lipinski definition) is 1. The molecule has 5 heteroatoms. The van der Waals surface area contributed by atoms with Crippen molar-refractivity contribution in [1.29, 1.82) is 0 Å². The van der Waals surface area contributed by atoms with Crippen LogP contribution in [0.15, 0.2) is 12.4 Å². The van der Waals surface area contributed by atoms with Crippen molar-refractivity contribution in [2.24, 2.45) is 5.92 Å². The van der Waals surface area contributed by atoms with E-state index >= 15 is 0 Å². The van der Waals surface area contributed by atoms with E-state index in [2.05, 4.69) is 29.1 Å². The van der Waals surface area contributed by atoms with Gasteiger partial charge in [-0.05, 0) is 52.5 Å². The lowest BCUT2D eigenvalue weighted by atomic mass is 9.76. The molecule has 1 N–H and O–H groups in total. The molecule has 0 atom stereocenters. The first-order chi connectivity index (χ1) is 10.9. The molecule has 0 aliphatic heterocycles. The average molecular weight is 314 g/mol. The van der Waals surface area contributed by atoms with Gasteiger partial charge in [0.1, 0.15) is 6.33 Å². The van der Waals surface area contributed by atoms with Crippen molar-refractivity contribution in [3.63, 3.8) is 0 Å². The van der Waals surface area contributed by atoms with Gasteiger partial charge in [-0.25, -0.2) is 9.97 Å². The summed E-state index contributed by atoms with van der Waals surface area (Å²) >= 11 is 0. The number of nitrogens with zero attached hydrogens (tertiary/aromatic N) is 3. The van der Waals surface area contributed by atoms with Crippen LogP contribution in [-0.2, 0) is 0 Å². The van der Waals surface area contributed by atoms with E-state index in [0.717, 1.165) is 11.4 Å². The topological polar surface area (TPSA) is 59.3 Å². The van der Waals surface area contributed by atoms with Crippen molar-refractivity contribution >= 4 is 11.6 Å². The molecule has 124 valence electrons. The Morgan fingerprint density at radius 3 is 2.65 bits per heavy atom. The van der Waals surface area contributed by atoms with Crippen LogP contribution in [0, 0.1) is 19.8 Å². The molecule has 1 fully saturated rings. The van der Waals surface area contributed by atoms with Crippen molar-refractivity contribution < 1.29 is 4.79 Å². The second-order valence-electron chi connectivity index (χ2n) is 7.34.